The number of likely N-dealkylation sites (N-methyl/N-ethyl adjacent to an activating group) is 1. The fraction of sp³-hybridized carbons (Fsp3) is 0.364. The summed E-state index contributed by atoms with van der Waals surface area (Å²) in [6.07, 6.45) is 2.46. The molecular formula is C33H37Cl2F2N4O3S2+. The first-order valence-corrected chi connectivity index (χ1v) is 17.8. The molecule has 1 fully saturated rings. The Morgan fingerprint density at radius 3 is 2.35 bits per heavy atom. The second-order valence-electron chi connectivity index (χ2n) is 12.8. The maximum absolute atomic E-state index is 15.6. The Morgan fingerprint density at radius 2 is 1.74 bits per heavy atom. The monoisotopic (exact) mass is 709 g/mol. The molecule has 0 spiro atoms. The number of thioether (sulfide) groups is 1. The Hall–Kier alpha value is -2.67. The lowest BCUT2D eigenvalue weighted by molar-refractivity contribution is -0.893. The molecule has 0 aliphatic carbocycles. The van der Waals surface area contributed by atoms with Gasteiger partial charge < -0.3 is 9.22 Å². The van der Waals surface area contributed by atoms with Gasteiger partial charge in [0, 0.05) is 40.4 Å². The number of sulfonamides is 1. The fourth-order valence-corrected chi connectivity index (χ4v) is 8.80. The van der Waals surface area contributed by atoms with Gasteiger partial charge in [-0.05, 0) is 54.1 Å². The molecule has 0 unspecified atom stereocenters. The molecule has 0 saturated carbocycles. The van der Waals surface area contributed by atoms with Crippen LogP contribution in [0.5, 0.6) is 5.75 Å². The van der Waals surface area contributed by atoms with Crippen LogP contribution in [0.1, 0.15) is 37.1 Å². The van der Waals surface area contributed by atoms with Crippen molar-refractivity contribution in [2.75, 3.05) is 41.3 Å². The van der Waals surface area contributed by atoms with E-state index in [4.69, 9.17) is 27.9 Å². The second-order valence-corrected chi connectivity index (χ2v) is 16.5. The molecule has 0 bridgehead atoms. The normalized spacial score (nSPS) is 16.3. The predicted molar refractivity (Wildman–Crippen MR) is 180 cm³/mol. The van der Waals surface area contributed by atoms with Crippen LogP contribution in [0.3, 0.4) is 0 Å². The number of quaternary nitrogens is 1. The maximum Gasteiger partial charge on any atom is 0.243 e. The van der Waals surface area contributed by atoms with Crippen molar-refractivity contribution in [3.8, 4) is 11.4 Å². The van der Waals surface area contributed by atoms with Crippen LogP contribution < -0.4 is 4.74 Å². The van der Waals surface area contributed by atoms with Crippen LogP contribution in [0, 0.1) is 11.6 Å². The summed E-state index contributed by atoms with van der Waals surface area (Å²) in [5.74, 6) is -0.490. The Morgan fingerprint density at radius 1 is 1.04 bits per heavy atom. The molecule has 13 heteroatoms. The van der Waals surface area contributed by atoms with Crippen molar-refractivity contribution in [1.82, 2.24) is 13.9 Å². The smallest absolute Gasteiger partial charge is 0.243 e. The number of hydrogen-bond donors (Lipinski definition) is 0. The lowest BCUT2D eigenvalue weighted by Crippen LogP contribution is -2.47. The minimum atomic E-state index is -3.93. The Bertz CT molecular complexity index is 1840. The summed E-state index contributed by atoms with van der Waals surface area (Å²) in [6.45, 7) is 4.78. The highest BCUT2D eigenvalue weighted by atomic mass is 35.5. The lowest BCUT2D eigenvalue weighted by atomic mass is 9.81. The highest BCUT2D eigenvalue weighted by molar-refractivity contribution is 7.98. The van der Waals surface area contributed by atoms with E-state index in [1.165, 1.54) is 34.3 Å². The van der Waals surface area contributed by atoms with Crippen molar-refractivity contribution in [3.63, 3.8) is 0 Å². The minimum Gasteiger partial charge on any atom is -0.495 e. The molecule has 3 aromatic carbocycles. The van der Waals surface area contributed by atoms with Crippen molar-refractivity contribution < 1.29 is 26.4 Å². The van der Waals surface area contributed by atoms with E-state index >= 15 is 4.39 Å². The van der Waals surface area contributed by atoms with E-state index in [-0.39, 0.29) is 33.1 Å². The summed E-state index contributed by atoms with van der Waals surface area (Å²) in [5.41, 5.74) is 1.91. The first-order chi connectivity index (χ1) is 21.5. The summed E-state index contributed by atoms with van der Waals surface area (Å²) in [5, 5.41) is 1.02. The molecule has 1 aromatic heterocycles. The molecule has 1 saturated heterocycles. The topological polar surface area (TPSA) is 64.4 Å². The van der Waals surface area contributed by atoms with Crippen molar-refractivity contribution in [3.05, 3.63) is 99.3 Å². The Labute approximate surface area is 283 Å². The highest BCUT2D eigenvalue weighted by Crippen LogP contribution is 2.40. The zero-order valence-corrected chi connectivity index (χ0v) is 29.7. The third-order valence-electron chi connectivity index (χ3n) is 8.65. The zero-order chi connectivity index (χ0) is 33.6. The fourth-order valence-electron chi connectivity index (χ4n) is 5.63. The van der Waals surface area contributed by atoms with Crippen LogP contribution in [0.2, 0.25) is 10.0 Å². The number of methoxy groups -OCH3 is 1. The molecule has 0 radical (unpaired) electrons. The first kappa shape index (κ1) is 34.7. The number of imidazole rings is 1. The number of benzene rings is 3. The number of rotatable bonds is 10. The molecular weight excluding hydrogens is 673 g/mol. The third-order valence-corrected chi connectivity index (χ3v) is 12.1. The van der Waals surface area contributed by atoms with E-state index in [2.05, 4.69) is 4.98 Å². The van der Waals surface area contributed by atoms with Gasteiger partial charge in [0.1, 0.15) is 23.4 Å². The van der Waals surface area contributed by atoms with Gasteiger partial charge in [-0.25, -0.2) is 22.2 Å². The van der Waals surface area contributed by atoms with Gasteiger partial charge in [-0.3, -0.25) is 4.57 Å². The number of nitrogens with zero attached hydrogens (tertiary/aromatic N) is 4. The van der Waals surface area contributed by atoms with Crippen LogP contribution in [0.25, 0.3) is 5.69 Å². The van der Waals surface area contributed by atoms with E-state index in [9.17, 15) is 12.8 Å². The van der Waals surface area contributed by atoms with E-state index in [0.29, 0.717) is 39.2 Å². The van der Waals surface area contributed by atoms with Crippen LogP contribution >= 0.6 is 35.0 Å². The minimum absolute atomic E-state index is 0.0159. The summed E-state index contributed by atoms with van der Waals surface area (Å²) in [7, 11) is 3.72. The molecule has 46 heavy (non-hydrogen) atoms. The molecule has 1 atom stereocenters. The summed E-state index contributed by atoms with van der Waals surface area (Å²) < 4.78 is 65.8. The van der Waals surface area contributed by atoms with Crippen molar-refractivity contribution in [2.24, 2.45) is 0 Å². The quantitative estimate of drug-likeness (QED) is 0.126. The van der Waals surface area contributed by atoms with Gasteiger partial charge in [-0.2, -0.15) is 4.31 Å². The molecule has 7 nitrogen and oxygen atoms in total. The van der Waals surface area contributed by atoms with E-state index in [0.717, 1.165) is 23.7 Å². The van der Waals surface area contributed by atoms with Gasteiger partial charge in [0.15, 0.2) is 5.16 Å². The van der Waals surface area contributed by atoms with Crippen LogP contribution in [-0.4, -0.2) is 74.1 Å². The molecule has 2 heterocycles. The van der Waals surface area contributed by atoms with Gasteiger partial charge in [0.2, 0.25) is 10.0 Å². The second kappa shape index (κ2) is 13.1. The summed E-state index contributed by atoms with van der Waals surface area (Å²) in [4.78, 5) is 4.52. The van der Waals surface area contributed by atoms with E-state index in [1.807, 2.05) is 51.7 Å². The lowest BCUT2D eigenvalue weighted by Gasteiger charge is -2.31. The number of ether oxygens (including phenoxy) is 1. The van der Waals surface area contributed by atoms with Gasteiger partial charge in [0.05, 0.1) is 56.6 Å². The third kappa shape index (κ3) is 6.81. The maximum atomic E-state index is 15.6. The van der Waals surface area contributed by atoms with Crippen LogP contribution in [-0.2, 0) is 21.2 Å². The molecule has 1 aliphatic rings. The van der Waals surface area contributed by atoms with E-state index in [1.54, 1.807) is 31.5 Å². The molecule has 4 aromatic rings. The summed E-state index contributed by atoms with van der Waals surface area (Å²) >= 11 is 14.1. The standard InChI is InChI=1S/C33H37Cl2F2N4O3S2/c1-33(2,21-7-12-27(34)30(15-21)44-6)31-18-38-32(40(31)23-10-8-22(36)9-11-23)45-20-26-28(35)16-25(17-29(26)37)46(42,43)39-14-13-24(19-39)41(3,4)5/h7-12,15-18,24H,13-14,19-20H2,1-6H3/q+1/t24-/m0/s1. The summed E-state index contributed by atoms with van der Waals surface area (Å²) in [6, 6.07) is 14.1. The zero-order valence-electron chi connectivity index (χ0n) is 26.5. The number of halogens is 4. The van der Waals surface area contributed by atoms with Crippen molar-refractivity contribution in [1.29, 1.82) is 0 Å². The van der Waals surface area contributed by atoms with Gasteiger partial charge in [-0.1, -0.05) is 54.9 Å². The first-order valence-electron chi connectivity index (χ1n) is 14.6. The molecule has 5 rings (SSSR count). The molecule has 0 amide bonds. The molecule has 246 valence electrons. The number of aromatic nitrogens is 2. The molecule has 0 N–H and O–H groups in total. The largest absolute Gasteiger partial charge is 0.495 e. The highest BCUT2D eigenvalue weighted by Gasteiger charge is 2.39. The van der Waals surface area contributed by atoms with Gasteiger partial charge in [0.25, 0.3) is 0 Å². The van der Waals surface area contributed by atoms with Crippen molar-refractivity contribution in [2.45, 2.75) is 47.5 Å². The van der Waals surface area contributed by atoms with Crippen LogP contribution in [0.15, 0.2) is 70.8 Å². The average Bonchev–Trinajstić information content (AvgIpc) is 3.66. The number of hydrogen-bond acceptors (Lipinski definition) is 5. The SMILES string of the molecule is COc1cc(C(C)(C)c2cnc(SCc3c(F)cc(S(=O)(=O)N4CC[C@H]([N+](C)(C)C)C4)cc3Cl)n2-c2ccc(F)cc2)ccc1Cl. The molecule has 1 aliphatic heterocycles. The van der Waals surface area contributed by atoms with E-state index < -0.39 is 21.3 Å². The average molecular weight is 711 g/mol. The predicted octanol–water partition coefficient (Wildman–Crippen LogP) is 7.55. The Kier molecular flexibility index (Phi) is 9.86. The van der Waals surface area contributed by atoms with Gasteiger partial charge in [-0.15, -0.1) is 0 Å². The van der Waals surface area contributed by atoms with Crippen LogP contribution in [0.4, 0.5) is 8.78 Å². The Balaban J connectivity index is 1.46. The van der Waals surface area contributed by atoms with Gasteiger partial charge >= 0.3 is 0 Å². The van der Waals surface area contributed by atoms with Crippen molar-refractivity contribution >= 4 is 45.0 Å².